The van der Waals surface area contributed by atoms with E-state index in [-0.39, 0.29) is 11.9 Å². The van der Waals surface area contributed by atoms with E-state index in [9.17, 15) is 4.39 Å². The summed E-state index contributed by atoms with van der Waals surface area (Å²) in [4.78, 5) is 2.01. The van der Waals surface area contributed by atoms with Crippen LogP contribution in [0.3, 0.4) is 0 Å². The Morgan fingerprint density at radius 3 is 2.75 bits per heavy atom. The van der Waals surface area contributed by atoms with Crippen molar-refractivity contribution in [2.24, 2.45) is 5.84 Å². The summed E-state index contributed by atoms with van der Waals surface area (Å²) in [6, 6.07) is 4.98. The molecule has 0 spiro atoms. The molecular weight excluding hydrogens is 273 g/mol. The molecule has 0 aliphatic carbocycles. The minimum Gasteiger partial charge on any atom is -0.308 e. The van der Waals surface area contributed by atoms with Crippen LogP contribution in [0.2, 0.25) is 0 Å². The van der Waals surface area contributed by atoms with Gasteiger partial charge in [-0.2, -0.15) is 0 Å². The monoisotopic (exact) mass is 289 g/mol. The van der Waals surface area contributed by atoms with Gasteiger partial charge in [-0.1, -0.05) is 15.9 Å². The molecule has 16 heavy (non-hydrogen) atoms. The maximum absolute atomic E-state index is 13.5. The number of nitrogens with one attached hydrogen (secondary N) is 1. The highest BCUT2D eigenvalue weighted by Crippen LogP contribution is 2.17. The number of halogens is 2. The van der Waals surface area contributed by atoms with Crippen LogP contribution in [-0.2, 0) is 6.42 Å². The van der Waals surface area contributed by atoms with Gasteiger partial charge < -0.3 is 4.90 Å². The molecule has 0 fully saturated rings. The SMILES string of the molecule is CN(C)CC(Cc1cc(Br)ccc1F)NN. The Bertz CT molecular complexity index is 344. The number of hydrogen-bond acceptors (Lipinski definition) is 3. The number of rotatable bonds is 5. The Hall–Kier alpha value is -0.490. The molecule has 1 rings (SSSR count). The van der Waals surface area contributed by atoms with E-state index in [1.807, 2.05) is 19.0 Å². The quantitative estimate of drug-likeness (QED) is 0.638. The topological polar surface area (TPSA) is 41.3 Å². The molecule has 0 saturated carbocycles. The predicted octanol–water partition coefficient (Wildman–Crippen LogP) is 1.52. The van der Waals surface area contributed by atoms with Crippen LogP contribution in [0.1, 0.15) is 5.56 Å². The predicted molar refractivity (Wildman–Crippen MR) is 67.5 cm³/mol. The van der Waals surface area contributed by atoms with Gasteiger partial charge in [-0.05, 0) is 44.3 Å². The first-order valence-corrected chi connectivity index (χ1v) is 5.87. The highest BCUT2D eigenvalue weighted by atomic mass is 79.9. The van der Waals surface area contributed by atoms with Gasteiger partial charge in [0.25, 0.3) is 0 Å². The van der Waals surface area contributed by atoms with Crippen LogP contribution in [0.15, 0.2) is 22.7 Å². The summed E-state index contributed by atoms with van der Waals surface area (Å²) in [6.07, 6.45) is 0.569. The summed E-state index contributed by atoms with van der Waals surface area (Å²) < 4.78 is 14.4. The van der Waals surface area contributed by atoms with Gasteiger partial charge in [0.1, 0.15) is 5.82 Å². The molecule has 0 aliphatic rings. The zero-order valence-corrected chi connectivity index (χ0v) is 11.1. The Kier molecular flexibility index (Phi) is 5.34. The van der Waals surface area contributed by atoms with Crippen LogP contribution in [0, 0.1) is 5.82 Å². The van der Waals surface area contributed by atoms with Crippen molar-refractivity contribution in [2.45, 2.75) is 12.5 Å². The smallest absolute Gasteiger partial charge is 0.126 e. The molecule has 1 unspecified atom stereocenters. The highest BCUT2D eigenvalue weighted by Gasteiger charge is 2.12. The van der Waals surface area contributed by atoms with Crippen molar-refractivity contribution in [1.29, 1.82) is 0 Å². The van der Waals surface area contributed by atoms with Crippen molar-refractivity contribution < 1.29 is 4.39 Å². The maximum atomic E-state index is 13.5. The largest absolute Gasteiger partial charge is 0.308 e. The molecule has 1 aromatic carbocycles. The number of benzene rings is 1. The van der Waals surface area contributed by atoms with Crippen molar-refractivity contribution in [3.05, 3.63) is 34.1 Å². The number of hydrogen-bond donors (Lipinski definition) is 2. The first-order chi connectivity index (χ1) is 7.52. The van der Waals surface area contributed by atoms with Gasteiger partial charge in [0.15, 0.2) is 0 Å². The standard InChI is InChI=1S/C11H17BrFN3/c1-16(2)7-10(15-14)6-8-5-9(12)3-4-11(8)13/h3-5,10,15H,6-7,14H2,1-2H3. The minimum atomic E-state index is -0.192. The van der Waals surface area contributed by atoms with Crippen LogP contribution in [0.4, 0.5) is 4.39 Å². The molecular formula is C11H17BrFN3. The lowest BCUT2D eigenvalue weighted by Gasteiger charge is -2.20. The summed E-state index contributed by atoms with van der Waals surface area (Å²) in [5, 5.41) is 0. The average Bonchev–Trinajstić information content (AvgIpc) is 2.21. The second-order valence-electron chi connectivity index (χ2n) is 4.07. The Morgan fingerprint density at radius 2 is 2.19 bits per heavy atom. The van der Waals surface area contributed by atoms with Crippen molar-refractivity contribution in [1.82, 2.24) is 10.3 Å². The van der Waals surface area contributed by atoms with Crippen LogP contribution in [0.25, 0.3) is 0 Å². The molecule has 0 amide bonds. The Balaban J connectivity index is 2.73. The number of nitrogens with zero attached hydrogens (tertiary/aromatic N) is 1. The molecule has 90 valence electrons. The molecule has 0 heterocycles. The third-order valence-corrected chi connectivity index (χ3v) is 2.79. The molecule has 3 nitrogen and oxygen atoms in total. The van der Waals surface area contributed by atoms with E-state index in [2.05, 4.69) is 21.4 Å². The molecule has 0 saturated heterocycles. The van der Waals surface area contributed by atoms with Crippen LogP contribution < -0.4 is 11.3 Å². The summed E-state index contributed by atoms with van der Waals surface area (Å²) in [6.45, 7) is 0.766. The second-order valence-corrected chi connectivity index (χ2v) is 4.98. The van der Waals surface area contributed by atoms with E-state index >= 15 is 0 Å². The van der Waals surface area contributed by atoms with Gasteiger partial charge in [-0.25, -0.2) is 4.39 Å². The number of hydrazine groups is 1. The fraction of sp³-hybridized carbons (Fsp3) is 0.455. The van der Waals surface area contributed by atoms with Gasteiger partial charge in [-0.3, -0.25) is 11.3 Å². The highest BCUT2D eigenvalue weighted by molar-refractivity contribution is 9.10. The van der Waals surface area contributed by atoms with E-state index in [0.29, 0.717) is 12.0 Å². The van der Waals surface area contributed by atoms with Crippen molar-refractivity contribution in [2.75, 3.05) is 20.6 Å². The van der Waals surface area contributed by atoms with Crippen LogP contribution >= 0.6 is 15.9 Å². The maximum Gasteiger partial charge on any atom is 0.126 e. The summed E-state index contributed by atoms with van der Waals surface area (Å²) in [7, 11) is 3.92. The third-order valence-electron chi connectivity index (χ3n) is 2.30. The van der Waals surface area contributed by atoms with Gasteiger partial charge in [0.05, 0.1) is 0 Å². The summed E-state index contributed by atoms with van der Waals surface area (Å²) in [5.74, 6) is 5.25. The van der Waals surface area contributed by atoms with E-state index in [1.54, 1.807) is 12.1 Å². The van der Waals surface area contributed by atoms with E-state index in [1.165, 1.54) is 6.07 Å². The summed E-state index contributed by atoms with van der Waals surface area (Å²) in [5.41, 5.74) is 3.37. The van der Waals surface area contributed by atoms with Gasteiger partial charge in [0.2, 0.25) is 0 Å². The first-order valence-electron chi connectivity index (χ1n) is 5.07. The fourth-order valence-electron chi connectivity index (χ4n) is 1.58. The van der Waals surface area contributed by atoms with Crippen molar-refractivity contribution in [3.63, 3.8) is 0 Å². The average molecular weight is 290 g/mol. The van der Waals surface area contributed by atoms with Gasteiger partial charge in [0, 0.05) is 17.1 Å². The normalized spacial score (nSPS) is 13.1. The van der Waals surface area contributed by atoms with Crippen molar-refractivity contribution in [3.8, 4) is 0 Å². The lowest BCUT2D eigenvalue weighted by Crippen LogP contribution is -2.43. The van der Waals surface area contributed by atoms with E-state index in [4.69, 9.17) is 5.84 Å². The molecule has 5 heteroatoms. The Morgan fingerprint density at radius 1 is 1.50 bits per heavy atom. The number of likely N-dealkylation sites (N-methyl/N-ethyl adjacent to an activating group) is 1. The lowest BCUT2D eigenvalue weighted by molar-refractivity contribution is 0.336. The van der Waals surface area contributed by atoms with E-state index < -0.39 is 0 Å². The zero-order chi connectivity index (χ0) is 12.1. The van der Waals surface area contributed by atoms with E-state index in [0.717, 1.165) is 11.0 Å². The van der Waals surface area contributed by atoms with Crippen molar-refractivity contribution >= 4 is 15.9 Å². The fourth-order valence-corrected chi connectivity index (χ4v) is 1.99. The Labute approximate surface area is 104 Å². The van der Waals surface area contributed by atoms with Gasteiger partial charge in [-0.15, -0.1) is 0 Å². The van der Waals surface area contributed by atoms with Crippen LogP contribution in [0.5, 0.6) is 0 Å². The van der Waals surface area contributed by atoms with Gasteiger partial charge >= 0.3 is 0 Å². The first kappa shape index (κ1) is 13.6. The molecule has 0 aromatic heterocycles. The molecule has 0 aliphatic heterocycles. The summed E-state index contributed by atoms with van der Waals surface area (Å²) >= 11 is 3.33. The molecule has 1 aromatic rings. The molecule has 0 bridgehead atoms. The van der Waals surface area contributed by atoms with Crippen LogP contribution in [-0.4, -0.2) is 31.6 Å². The lowest BCUT2D eigenvalue weighted by atomic mass is 10.1. The molecule has 3 N–H and O–H groups in total. The second kappa shape index (κ2) is 6.30. The minimum absolute atomic E-state index is 0.0406. The molecule has 0 radical (unpaired) electrons. The zero-order valence-electron chi connectivity index (χ0n) is 9.50. The third kappa shape index (κ3) is 4.17. The molecule has 1 atom stereocenters. The number of nitrogens with two attached hydrogens (primary N) is 1.